The molecule has 1 fully saturated rings. The number of piperidine rings is 1. The standard InChI is InChI=1S/C23H24N4OS/c1-17-13-25-23(29-16-18-7-5-11-24-14-18)26-21(17)20-10-6-12-27(15-20)22(28)19-8-3-2-4-9-19/h2-5,7-9,11,13-14,20H,6,10,12,15-16H2,1H3/t20-/m1/s1. The highest BCUT2D eigenvalue weighted by Gasteiger charge is 2.27. The van der Waals surface area contributed by atoms with E-state index in [0.717, 1.165) is 52.7 Å². The zero-order valence-electron chi connectivity index (χ0n) is 16.5. The van der Waals surface area contributed by atoms with Crippen molar-refractivity contribution in [2.24, 2.45) is 0 Å². The number of thioether (sulfide) groups is 1. The molecule has 0 N–H and O–H groups in total. The first-order valence-corrected chi connectivity index (χ1v) is 10.9. The molecular weight excluding hydrogens is 380 g/mol. The Labute approximate surface area is 175 Å². The lowest BCUT2D eigenvalue weighted by Gasteiger charge is -2.33. The van der Waals surface area contributed by atoms with Crippen molar-refractivity contribution < 1.29 is 4.79 Å². The van der Waals surface area contributed by atoms with Gasteiger partial charge in [-0.3, -0.25) is 9.78 Å². The van der Waals surface area contributed by atoms with E-state index >= 15 is 0 Å². The summed E-state index contributed by atoms with van der Waals surface area (Å²) in [4.78, 5) is 28.4. The number of nitrogens with zero attached hydrogens (tertiary/aromatic N) is 4. The first kappa shape index (κ1) is 19.6. The lowest BCUT2D eigenvalue weighted by atomic mass is 9.92. The minimum atomic E-state index is 0.105. The molecule has 1 saturated heterocycles. The van der Waals surface area contributed by atoms with Gasteiger partial charge in [-0.1, -0.05) is 36.0 Å². The summed E-state index contributed by atoms with van der Waals surface area (Å²) < 4.78 is 0. The zero-order chi connectivity index (χ0) is 20.1. The van der Waals surface area contributed by atoms with E-state index in [1.807, 2.05) is 53.7 Å². The second-order valence-corrected chi connectivity index (χ2v) is 8.27. The fourth-order valence-electron chi connectivity index (χ4n) is 3.70. The zero-order valence-corrected chi connectivity index (χ0v) is 17.3. The molecule has 0 aliphatic carbocycles. The van der Waals surface area contributed by atoms with Gasteiger partial charge >= 0.3 is 0 Å². The van der Waals surface area contributed by atoms with E-state index in [4.69, 9.17) is 4.98 Å². The number of aromatic nitrogens is 3. The van der Waals surface area contributed by atoms with Crippen molar-refractivity contribution in [3.8, 4) is 0 Å². The number of carbonyl (C=O) groups excluding carboxylic acids is 1. The Hall–Kier alpha value is -2.73. The Bertz CT molecular complexity index is 965. The second-order valence-electron chi connectivity index (χ2n) is 7.33. The molecule has 0 spiro atoms. The quantitative estimate of drug-likeness (QED) is 0.463. The number of carbonyl (C=O) groups is 1. The lowest BCUT2D eigenvalue weighted by molar-refractivity contribution is 0.0705. The van der Waals surface area contributed by atoms with Gasteiger partial charge in [0.15, 0.2) is 5.16 Å². The van der Waals surface area contributed by atoms with E-state index < -0.39 is 0 Å². The Kier molecular flexibility index (Phi) is 6.20. The highest BCUT2D eigenvalue weighted by atomic mass is 32.2. The van der Waals surface area contributed by atoms with Crippen LogP contribution in [-0.2, 0) is 5.75 Å². The van der Waals surface area contributed by atoms with Crippen LogP contribution >= 0.6 is 11.8 Å². The van der Waals surface area contributed by atoms with Crippen LogP contribution in [0.25, 0.3) is 0 Å². The number of pyridine rings is 1. The summed E-state index contributed by atoms with van der Waals surface area (Å²) in [6, 6.07) is 13.5. The summed E-state index contributed by atoms with van der Waals surface area (Å²) in [7, 11) is 0. The van der Waals surface area contributed by atoms with Gasteiger partial charge in [-0.25, -0.2) is 9.97 Å². The third-order valence-corrected chi connectivity index (χ3v) is 6.13. The Morgan fingerprint density at radius 2 is 2.03 bits per heavy atom. The molecule has 1 amide bonds. The van der Waals surface area contributed by atoms with E-state index in [2.05, 4.69) is 23.0 Å². The van der Waals surface area contributed by atoms with E-state index in [1.54, 1.807) is 18.0 Å². The summed E-state index contributed by atoms with van der Waals surface area (Å²) in [5, 5.41) is 0.779. The third-order valence-electron chi connectivity index (χ3n) is 5.20. The van der Waals surface area contributed by atoms with Crippen LogP contribution in [0.3, 0.4) is 0 Å². The van der Waals surface area contributed by atoms with Crippen LogP contribution in [0.15, 0.2) is 66.2 Å². The van der Waals surface area contributed by atoms with Crippen molar-refractivity contribution in [2.75, 3.05) is 13.1 Å². The molecule has 5 nitrogen and oxygen atoms in total. The number of benzene rings is 1. The van der Waals surface area contributed by atoms with E-state index in [-0.39, 0.29) is 11.8 Å². The summed E-state index contributed by atoms with van der Waals surface area (Å²) in [6.45, 7) is 3.57. The second kappa shape index (κ2) is 9.18. The average molecular weight is 405 g/mol. The predicted octanol–water partition coefficient (Wildman–Crippen LogP) is 4.49. The van der Waals surface area contributed by atoms with Crippen LogP contribution in [0.2, 0.25) is 0 Å². The van der Waals surface area contributed by atoms with Crippen molar-refractivity contribution in [1.82, 2.24) is 19.9 Å². The molecule has 1 aliphatic rings. The van der Waals surface area contributed by atoms with Crippen LogP contribution in [0.5, 0.6) is 0 Å². The van der Waals surface area contributed by atoms with Gasteiger partial charge < -0.3 is 4.90 Å². The van der Waals surface area contributed by atoms with Crippen molar-refractivity contribution in [3.05, 3.63) is 83.4 Å². The first-order valence-electron chi connectivity index (χ1n) is 9.90. The Morgan fingerprint density at radius 1 is 1.17 bits per heavy atom. The number of hydrogen-bond acceptors (Lipinski definition) is 5. The van der Waals surface area contributed by atoms with E-state index in [1.165, 1.54) is 0 Å². The number of amides is 1. The van der Waals surface area contributed by atoms with Crippen molar-refractivity contribution in [2.45, 2.75) is 36.6 Å². The SMILES string of the molecule is Cc1cnc(SCc2cccnc2)nc1[C@@H]1CCCN(C(=O)c2ccccc2)C1. The molecule has 148 valence electrons. The van der Waals surface area contributed by atoms with Gasteiger partial charge in [-0.2, -0.15) is 0 Å². The van der Waals surface area contributed by atoms with Gasteiger partial charge in [0.05, 0.1) is 5.69 Å². The van der Waals surface area contributed by atoms with Gasteiger partial charge in [0.25, 0.3) is 5.91 Å². The molecule has 3 heterocycles. The van der Waals surface area contributed by atoms with Gasteiger partial charge in [-0.05, 0) is 49.1 Å². The molecule has 4 rings (SSSR count). The molecule has 6 heteroatoms. The highest BCUT2D eigenvalue weighted by molar-refractivity contribution is 7.98. The fraction of sp³-hybridized carbons (Fsp3) is 0.304. The van der Waals surface area contributed by atoms with Gasteiger partial charge in [0.1, 0.15) is 0 Å². The molecule has 0 saturated carbocycles. The lowest BCUT2D eigenvalue weighted by Crippen LogP contribution is -2.39. The van der Waals surface area contributed by atoms with Gasteiger partial charge in [-0.15, -0.1) is 0 Å². The molecule has 0 unspecified atom stereocenters. The molecule has 1 aliphatic heterocycles. The number of aryl methyl sites for hydroxylation is 1. The fourth-order valence-corrected chi connectivity index (χ4v) is 4.46. The van der Waals surface area contributed by atoms with Crippen LogP contribution in [-0.4, -0.2) is 38.8 Å². The molecule has 1 aromatic carbocycles. The molecular formula is C23H24N4OS. The maximum atomic E-state index is 12.9. The molecule has 3 aromatic rings. The summed E-state index contributed by atoms with van der Waals surface area (Å²) in [6.07, 6.45) is 7.59. The largest absolute Gasteiger partial charge is 0.338 e. The Balaban J connectivity index is 1.47. The van der Waals surface area contributed by atoms with E-state index in [9.17, 15) is 4.79 Å². The molecule has 29 heavy (non-hydrogen) atoms. The Morgan fingerprint density at radius 3 is 2.83 bits per heavy atom. The highest BCUT2D eigenvalue weighted by Crippen LogP contribution is 2.30. The summed E-state index contributed by atoms with van der Waals surface area (Å²) >= 11 is 1.62. The summed E-state index contributed by atoms with van der Waals surface area (Å²) in [5.41, 5.74) is 4.06. The molecule has 1 atom stereocenters. The van der Waals surface area contributed by atoms with Crippen molar-refractivity contribution in [1.29, 1.82) is 0 Å². The molecule has 2 aromatic heterocycles. The van der Waals surface area contributed by atoms with Crippen LogP contribution in [0.1, 0.15) is 45.9 Å². The number of likely N-dealkylation sites (tertiary alicyclic amines) is 1. The predicted molar refractivity (Wildman–Crippen MR) is 115 cm³/mol. The van der Waals surface area contributed by atoms with Crippen LogP contribution in [0.4, 0.5) is 0 Å². The van der Waals surface area contributed by atoms with Crippen molar-refractivity contribution in [3.63, 3.8) is 0 Å². The van der Waals surface area contributed by atoms with Gasteiger partial charge in [0, 0.05) is 48.9 Å². The third kappa shape index (κ3) is 4.82. The number of hydrogen-bond donors (Lipinski definition) is 0. The average Bonchev–Trinajstić information content (AvgIpc) is 2.79. The molecule has 0 radical (unpaired) electrons. The summed E-state index contributed by atoms with van der Waals surface area (Å²) in [5.74, 6) is 1.14. The van der Waals surface area contributed by atoms with Crippen molar-refractivity contribution >= 4 is 17.7 Å². The van der Waals surface area contributed by atoms with Crippen LogP contribution < -0.4 is 0 Å². The van der Waals surface area contributed by atoms with E-state index in [0.29, 0.717) is 6.54 Å². The topological polar surface area (TPSA) is 59.0 Å². The van der Waals surface area contributed by atoms with Gasteiger partial charge in [0.2, 0.25) is 0 Å². The smallest absolute Gasteiger partial charge is 0.253 e. The monoisotopic (exact) mass is 404 g/mol. The maximum absolute atomic E-state index is 12.9. The maximum Gasteiger partial charge on any atom is 0.253 e. The number of rotatable bonds is 5. The molecule has 0 bridgehead atoms. The minimum Gasteiger partial charge on any atom is -0.338 e. The first-order chi connectivity index (χ1) is 14.2. The van der Waals surface area contributed by atoms with Crippen LogP contribution in [0, 0.1) is 6.92 Å². The minimum absolute atomic E-state index is 0.105. The normalized spacial score (nSPS) is 16.6.